The van der Waals surface area contributed by atoms with Gasteiger partial charge in [-0.1, -0.05) is 62.4 Å². The maximum absolute atomic E-state index is 12.8. The average Bonchev–Trinajstić information content (AvgIpc) is 2.73. The number of carbonyl (C=O) groups is 1. The molecule has 3 rings (SSSR count). The molecule has 0 aliphatic carbocycles. The van der Waals surface area contributed by atoms with E-state index in [4.69, 9.17) is 0 Å². The van der Waals surface area contributed by atoms with Crippen LogP contribution >= 0.6 is 0 Å². The molecule has 3 heteroatoms. The summed E-state index contributed by atoms with van der Waals surface area (Å²) in [7, 11) is 0. The lowest BCUT2D eigenvalue weighted by atomic mass is 9.89. The summed E-state index contributed by atoms with van der Waals surface area (Å²) in [6, 6.07) is 21.3. The number of carbonyl (C=O) groups excluding carboxylic acids is 1. The number of hydrogen-bond donors (Lipinski definition) is 0. The van der Waals surface area contributed by atoms with Gasteiger partial charge in [-0.25, -0.2) is 0 Å². The molecule has 2 aromatic rings. The third-order valence-corrected chi connectivity index (χ3v) is 5.91. The van der Waals surface area contributed by atoms with Crippen molar-refractivity contribution in [3.8, 4) is 0 Å². The molecule has 1 heterocycles. The summed E-state index contributed by atoms with van der Waals surface area (Å²) in [6.45, 7) is 9.23. The first-order valence-electron chi connectivity index (χ1n) is 10.7. The first-order chi connectivity index (χ1) is 13.5. The Morgan fingerprint density at radius 1 is 0.964 bits per heavy atom. The number of amides is 1. The Morgan fingerprint density at radius 2 is 1.54 bits per heavy atom. The van der Waals surface area contributed by atoms with Crippen molar-refractivity contribution in [2.24, 2.45) is 11.8 Å². The van der Waals surface area contributed by atoms with E-state index in [1.807, 2.05) is 49.1 Å². The van der Waals surface area contributed by atoms with Crippen LogP contribution in [0.4, 0.5) is 5.69 Å². The van der Waals surface area contributed by atoms with Gasteiger partial charge in [-0.15, -0.1) is 0 Å². The van der Waals surface area contributed by atoms with Crippen molar-refractivity contribution < 1.29 is 4.79 Å². The van der Waals surface area contributed by atoms with E-state index in [-0.39, 0.29) is 11.8 Å². The van der Waals surface area contributed by atoms with Crippen molar-refractivity contribution in [2.45, 2.75) is 46.1 Å². The highest BCUT2D eigenvalue weighted by Crippen LogP contribution is 2.24. The smallest absolute Gasteiger partial charge is 0.229 e. The van der Waals surface area contributed by atoms with Gasteiger partial charge in [0.1, 0.15) is 0 Å². The molecule has 3 nitrogen and oxygen atoms in total. The molecule has 1 atom stereocenters. The molecule has 0 aromatic heterocycles. The summed E-state index contributed by atoms with van der Waals surface area (Å²) in [4.78, 5) is 17.4. The van der Waals surface area contributed by atoms with E-state index in [9.17, 15) is 4.79 Å². The van der Waals surface area contributed by atoms with E-state index in [1.54, 1.807) is 0 Å². The summed E-state index contributed by atoms with van der Waals surface area (Å²) in [6.07, 6.45) is 3.66. The van der Waals surface area contributed by atoms with Gasteiger partial charge in [0.25, 0.3) is 0 Å². The summed E-state index contributed by atoms with van der Waals surface area (Å²) < 4.78 is 0. The second-order valence-corrected chi connectivity index (χ2v) is 8.46. The zero-order valence-corrected chi connectivity index (χ0v) is 17.6. The standard InChI is InChI=1S/C25H34N2O/c1-20(2)25(28)27(24-12-8-5-9-13-24)19-21(3)26-16-14-23(15-17-26)18-22-10-6-4-7-11-22/h4-13,20-21,23H,14-19H2,1-3H3. The SMILES string of the molecule is CC(C)C(=O)N(CC(C)N1CCC(Cc2ccccc2)CC1)c1ccccc1. The van der Waals surface area contributed by atoms with Crippen LogP contribution in [0.1, 0.15) is 39.2 Å². The number of rotatable bonds is 7. The number of nitrogens with zero attached hydrogens (tertiary/aromatic N) is 2. The van der Waals surface area contributed by atoms with Crippen LogP contribution in [0.2, 0.25) is 0 Å². The van der Waals surface area contributed by atoms with Crippen molar-refractivity contribution in [3.63, 3.8) is 0 Å². The van der Waals surface area contributed by atoms with E-state index >= 15 is 0 Å². The Bertz CT molecular complexity index is 721. The average molecular weight is 379 g/mol. The predicted octanol–water partition coefficient (Wildman–Crippen LogP) is 5.02. The fraction of sp³-hybridized carbons (Fsp3) is 0.480. The van der Waals surface area contributed by atoms with Crippen molar-refractivity contribution in [1.29, 1.82) is 0 Å². The lowest BCUT2D eigenvalue weighted by Crippen LogP contribution is -2.48. The highest BCUT2D eigenvalue weighted by atomic mass is 16.2. The zero-order valence-electron chi connectivity index (χ0n) is 17.6. The van der Waals surface area contributed by atoms with Gasteiger partial charge in [-0.3, -0.25) is 9.69 Å². The van der Waals surface area contributed by atoms with Gasteiger partial charge < -0.3 is 4.90 Å². The topological polar surface area (TPSA) is 23.6 Å². The van der Waals surface area contributed by atoms with Crippen molar-refractivity contribution in [3.05, 3.63) is 66.2 Å². The first-order valence-corrected chi connectivity index (χ1v) is 10.7. The Balaban J connectivity index is 1.57. The molecule has 28 heavy (non-hydrogen) atoms. The number of benzene rings is 2. The van der Waals surface area contributed by atoms with Crippen molar-refractivity contribution in [1.82, 2.24) is 4.90 Å². The van der Waals surface area contributed by atoms with Gasteiger partial charge in [-0.2, -0.15) is 0 Å². The Hall–Kier alpha value is -2.13. The molecule has 0 radical (unpaired) electrons. The molecule has 0 spiro atoms. The predicted molar refractivity (Wildman–Crippen MR) is 118 cm³/mol. The fourth-order valence-corrected chi connectivity index (χ4v) is 4.17. The molecule has 2 aromatic carbocycles. The minimum absolute atomic E-state index is 0.00372. The number of para-hydroxylation sites is 1. The summed E-state index contributed by atoms with van der Waals surface area (Å²) in [5.74, 6) is 0.981. The monoisotopic (exact) mass is 378 g/mol. The van der Waals surface area contributed by atoms with Crippen LogP contribution in [0.15, 0.2) is 60.7 Å². The molecule has 150 valence electrons. The van der Waals surface area contributed by atoms with Gasteiger partial charge in [0.2, 0.25) is 5.91 Å². The van der Waals surface area contributed by atoms with Crippen LogP contribution in [0, 0.1) is 11.8 Å². The number of hydrogen-bond acceptors (Lipinski definition) is 2. The molecule has 1 unspecified atom stereocenters. The molecule has 1 aliphatic heterocycles. The maximum Gasteiger partial charge on any atom is 0.229 e. The number of likely N-dealkylation sites (tertiary alicyclic amines) is 1. The van der Waals surface area contributed by atoms with Crippen LogP contribution in [-0.2, 0) is 11.2 Å². The van der Waals surface area contributed by atoms with Gasteiger partial charge in [-0.05, 0) is 62.9 Å². The molecule has 0 bridgehead atoms. The van der Waals surface area contributed by atoms with Gasteiger partial charge in [0.15, 0.2) is 0 Å². The van der Waals surface area contributed by atoms with Crippen molar-refractivity contribution in [2.75, 3.05) is 24.5 Å². The minimum Gasteiger partial charge on any atom is -0.311 e. The highest BCUT2D eigenvalue weighted by Gasteiger charge is 2.27. The highest BCUT2D eigenvalue weighted by molar-refractivity contribution is 5.94. The summed E-state index contributed by atoms with van der Waals surface area (Å²) >= 11 is 0. The maximum atomic E-state index is 12.8. The summed E-state index contributed by atoms with van der Waals surface area (Å²) in [5, 5.41) is 0. The van der Waals surface area contributed by atoms with E-state index in [2.05, 4.69) is 42.2 Å². The van der Waals surface area contributed by atoms with Gasteiger partial charge >= 0.3 is 0 Å². The molecule has 1 aliphatic rings. The third kappa shape index (κ3) is 5.45. The third-order valence-electron chi connectivity index (χ3n) is 5.91. The molecular formula is C25H34N2O. The summed E-state index contributed by atoms with van der Waals surface area (Å²) in [5.41, 5.74) is 2.46. The van der Waals surface area contributed by atoms with E-state index in [0.717, 1.165) is 31.2 Å². The normalized spacial score (nSPS) is 16.9. The van der Waals surface area contributed by atoms with Crippen LogP contribution in [0.5, 0.6) is 0 Å². The molecule has 1 fully saturated rings. The van der Waals surface area contributed by atoms with E-state index in [1.165, 1.54) is 24.8 Å². The Kier molecular flexibility index (Phi) is 7.27. The van der Waals surface area contributed by atoms with E-state index < -0.39 is 0 Å². The van der Waals surface area contributed by atoms with Gasteiger partial charge in [0, 0.05) is 24.2 Å². The molecule has 1 saturated heterocycles. The minimum atomic E-state index is 0.00372. The second-order valence-electron chi connectivity index (χ2n) is 8.46. The first kappa shape index (κ1) is 20.6. The lowest BCUT2D eigenvalue weighted by molar-refractivity contribution is -0.121. The number of piperidine rings is 1. The second kappa shape index (κ2) is 9.88. The lowest BCUT2D eigenvalue weighted by Gasteiger charge is -2.38. The molecular weight excluding hydrogens is 344 g/mol. The van der Waals surface area contributed by atoms with Crippen LogP contribution < -0.4 is 4.90 Å². The van der Waals surface area contributed by atoms with Crippen LogP contribution in [0.25, 0.3) is 0 Å². The number of anilines is 1. The van der Waals surface area contributed by atoms with Crippen LogP contribution in [-0.4, -0.2) is 36.5 Å². The fourth-order valence-electron chi connectivity index (χ4n) is 4.17. The van der Waals surface area contributed by atoms with Crippen molar-refractivity contribution >= 4 is 11.6 Å². The van der Waals surface area contributed by atoms with Gasteiger partial charge in [0.05, 0.1) is 0 Å². The quantitative estimate of drug-likeness (QED) is 0.675. The largest absolute Gasteiger partial charge is 0.311 e. The Morgan fingerprint density at radius 3 is 2.11 bits per heavy atom. The van der Waals surface area contributed by atoms with Crippen LogP contribution in [0.3, 0.4) is 0 Å². The zero-order chi connectivity index (χ0) is 19.9. The molecule has 0 saturated carbocycles. The Labute approximate surface area is 170 Å². The molecule has 0 N–H and O–H groups in total. The molecule has 1 amide bonds. The van der Waals surface area contributed by atoms with E-state index in [0.29, 0.717) is 6.04 Å².